The number of carbonyl (C=O) groups is 1. The van der Waals surface area contributed by atoms with E-state index < -0.39 is 0 Å². The minimum absolute atomic E-state index is 0.170. The predicted octanol–water partition coefficient (Wildman–Crippen LogP) is 2.92. The first-order valence-electron chi connectivity index (χ1n) is 6.80. The summed E-state index contributed by atoms with van der Waals surface area (Å²) in [5.74, 6) is -0.476. The molecule has 1 aromatic carbocycles. The first kappa shape index (κ1) is 15.0. The van der Waals surface area contributed by atoms with E-state index in [0.717, 1.165) is 0 Å². The van der Waals surface area contributed by atoms with E-state index in [2.05, 4.69) is 10.3 Å². The second kappa shape index (κ2) is 6.83. The van der Waals surface area contributed by atoms with Crippen molar-refractivity contribution in [2.24, 2.45) is 0 Å². The van der Waals surface area contributed by atoms with Gasteiger partial charge in [-0.1, -0.05) is 18.2 Å². The van der Waals surface area contributed by atoms with Crippen LogP contribution in [0.4, 0.5) is 10.1 Å². The zero-order chi connectivity index (χ0) is 15.2. The molecule has 0 aliphatic heterocycles. The molecule has 0 spiro atoms. The summed E-state index contributed by atoms with van der Waals surface area (Å²) in [6.45, 7) is 2.87. The number of hydrogen-bond acceptors (Lipinski definition) is 3. The summed E-state index contributed by atoms with van der Waals surface area (Å²) in [4.78, 5) is 18.0. The minimum atomic E-state index is -0.307. The molecule has 1 heterocycles. The number of nitrogens with zero attached hydrogens (tertiary/aromatic N) is 2. The molecule has 0 aliphatic rings. The summed E-state index contributed by atoms with van der Waals surface area (Å²) in [5.41, 5.74) is 1.71. The van der Waals surface area contributed by atoms with E-state index in [1.165, 1.54) is 11.0 Å². The Bertz CT molecular complexity index is 630. The van der Waals surface area contributed by atoms with Gasteiger partial charge < -0.3 is 10.2 Å². The molecule has 0 bridgehead atoms. The average Bonchev–Trinajstić information content (AvgIpc) is 2.50. The first-order valence-corrected chi connectivity index (χ1v) is 6.80. The molecule has 1 N–H and O–H groups in total. The van der Waals surface area contributed by atoms with Gasteiger partial charge in [0.25, 0.3) is 5.91 Å². The monoisotopic (exact) mass is 287 g/mol. The van der Waals surface area contributed by atoms with Gasteiger partial charge in [-0.25, -0.2) is 4.39 Å². The third kappa shape index (κ3) is 3.56. The van der Waals surface area contributed by atoms with E-state index in [4.69, 9.17) is 0 Å². The van der Waals surface area contributed by atoms with Gasteiger partial charge in [0.15, 0.2) is 0 Å². The molecule has 0 radical (unpaired) electrons. The molecule has 4 nitrogen and oxygen atoms in total. The van der Waals surface area contributed by atoms with Gasteiger partial charge in [0.05, 0.1) is 17.4 Å². The standard InChI is InChI=1S/C16H18FN3O/c1-3-19-15-10-18-9-8-13(15)16(21)20(2)11-12-6-4-5-7-14(12)17/h4-10,19H,3,11H2,1-2H3. The Hall–Kier alpha value is -2.43. The Labute approximate surface area is 123 Å². The van der Waals surface area contributed by atoms with Crippen LogP contribution in [0, 0.1) is 5.82 Å². The van der Waals surface area contributed by atoms with E-state index in [1.54, 1.807) is 43.7 Å². The number of carbonyl (C=O) groups excluding carboxylic acids is 1. The number of hydrogen-bond donors (Lipinski definition) is 1. The maximum atomic E-state index is 13.7. The topological polar surface area (TPSA) is 45.2 Å². The highest BCUT2D eigenvalue weighted by molar-refractivity contribution is 5.99. The smallest absolute Gasteiger partial charge is 0.256 e. The Kier molecular flexibility index (Phi) is 4.87. The lowest BCUT2D eigenvalue weighted by Crippen LogP contribution is -2.27. The SMILES string of the molecule is CCNc1cnccc1C(=O)N(C)Cc1ccccc1F. The Morgan fingerprint density at radius 1 is 1.33 bits per heavy atom. The fraction of sp³-hybridized carbons (Fsp3) is 0.250. The molecule has 2 rings (SSSR count). The third-order valence-electron chi connectivity index (χ3n) is 3.13. The van der Waals surface area contributed by atoms with Gasteiger partial charge >= 0.3 is 0 Å². The molecule has 0 saturated carbocycles. The molecule has 1 aromatic heterocycles. The Balaban J connectivity index is 2.18. The molecule has 0 aliphatic carbocycles. The molecule has 0 atom stereocenters. The number of benzene rings is 1. The van der Waals surface area contributed by atoms with Crippen molar-refractivity contribution in [3.05, 3.63) is 59.7 Å². The number of halogens is 1. The summed E-state index contributed by atoms with van der Waals surface area (Å²) < 4.78 is 13.7. The van der Waals surface area contributed by atoms with Gasteiger partial charge in [0, 0.05) is 31.9 Å². The van der Waals surface area contributed by atoms with Gasteiger partial charge in [-0.15, -0.1) is 0 Å². The molecule has 0 unspecified atom stereocenters. The number of amides is 1. The fourth-order valence-electron chi connectivity index (χ4n) is 2.07. The Morgan fingerprint density at radius 2 is 2.10 bits per heavy atom. The van der Waals surface area contributed by atoms with Crippen molar-refractivity contribution in [2.75, 3.05) is 18.9 Å². The normalized spacial score (nSPS) is 10.2. The van der Waals surface area contributed by atoms with E-state index in [1.807, 2.05) is 6.92 Å². The van der Waals surface area contributed by atoms with Crippen molar-refractivity contribution in [1.29, 1.82) is 0 Å². The molecule has 110 valence electrons. The average molecular weight is 287 g/mol. The molecular weight excluding hydrogens is 269 g/mol. The molecule has 21 heavy (non-hydrogen) atoms. The van der Waals surface area contributed by atoms with E-state index in [0.29, 0.717) is 23.4 Å². The number of pyridine rings is 1. The van der Waals surface area contributed by atoms with Crippen molar-refractivity contribution in [3.63, 3.8) is 0 Å². The molecular formula is C16H18FN3O. The highest BCUT2D eigenvalue weighted by Crippen LogP contribution is 2.17. The molecule has 0 saturated heterocycles. The lowest BCUT2D eigenvalue weighted by Gasteiger charge is -2.19. The van der Waals surface area contributed by atoms with Crippen molar-refractivity contribution in [3.8, 4) is 0 Å². The van der Waals surface area contributed by atoms with Crippen LogP contribution in [-0.2, 0) is 6.54 Å². The van der Waals surface area contributed by atoms with Crippen LogP contribution in [0.1, 0.15) is 22.8 Å². The second-order valence-corrected chi connectivity index (χ2v) is 4.70. The minimum Gasteiger partial charge on any atom is -0.383 e. The highest BCUT2D eigenvalue weighted by Gasteiger charge is 2.16. The van der Waals surface area contributed by atoms with E-state index in [-0.39, 0.29) is 18.3 Å². The van der Waals surface area contributed by atoms with Crippen molar-refractivity contribution >= 4 is 11.6 Å². The zero-order valence-electron chi connectivity index (χ0n) is 12.1. The second-order valence-electron chi connectivity index (χ2n) is 4.70. The predicted molar refractivity (Wildman–Crippen MR) is 80.6 cm³/mol. The summed E-state index contributed by atoms with van der Waals surface area (Å²) in [5, 5.41) is 3.10. The maximum absolute atomic E-state index is 13.7. The maximum Gasteiger partial charge on any atom is 0.256 e. The van der Waals surface area contributed by atoms with Crippen LogP contribution in [0.15, 0.2) is 42.7 Å². The lowest BCUT2D eigenvalue weighted by molar-refractivity contribution is 0.0784. The lowest BCUT2D eigenvalue weighted by atomic mass is 10.1. The van der Waals surface area contributed by atoms with Gasteiger partial charge in [-0.2, -0.15) is 0 Å². The van der Waals surface area contributed by atoms with Crippen molar-refractivity contribution in [2.45, 2.75) is 13.5 Å². The van der Waals surface area contributed by atoms with Crippen molar-refractivity contribution < 1.29 is 9.18 Å². The number of anilines is 1. The van der Waals surface area contributed by atoms with Gasteiger partial charge in [0.2, 0.25) is 0 Å². The van der Waals surface area contributed by atoms with Crippen LogP contribution in [0.5, 0.6) is 0 Å². The van der Waals surface area contributed by atoms with E-state index >= 15 is 0 Å². The van der Waals surface area contributed by atoms with Gasteiger partial charge in [-0.3, -0.25) is 9.78 Å². The largest absolute Gasteiger partial charge is 0.383 e. The summed E-state index contributed by atoms with van der Waals surface area (Å²) in [6, 6.07) is 8.12. The molecule has 5 heteroatoms. The summed E-state index contributed by atoms with van der Waals surface area (Å²) in [6.07, 6.45) is 3.19. The molecule has 1 amide bonds. The molecule has 2 aromatic rings. The molecule has 0 fully saturated rings. The van der Waals surface area contributed by atoms with Gasteiger partial charge in [-0.05, 0) is 19.1 Å². The number of rotatable bonds is 5. The number of aromatic nitrogens is 1. The highest BCUT2D eigenvalue weighted by atomic mass is 19.1. The Morgan fingerprint density at radius 3 is 2.81 bits per heavy atom. The third-order valence-corrected chi connectivity index (χ3v) is 3.13. The van der Waals surface area contributed by atoms with E-state index in [9.17, 15) is 9.18 Å². The fourth-order valence-corrected chi connectivity index (χ4v) is 2.07. The van der Waals surface area contributed by atoms with Crippen LogP contribution in [0.25, 0.3) is 0 Å². The van der Waals surface area contributed by atoms with Gasteiger partial charge in [0.1, 0.15) is 5.82 Å². The van der Waals surface area contributed by atoms with Crippen LogP contribution < -0.4 is 5.32 Å². The van der Waals surface area contributed by atoms with Crippen molar-refractivity contribution in [1.82, 2.24) is 9.88 Å². The summed E-state index contributed by atoms with van der Waals surface area (Å²) in [7, 11) is 1.66. The zero-order valence-corrected chi connectivity index (χ0v) is 12.1. The van der Waals surface area contributed by atoms with Crippen LogP contribution in [-0.4, -0.2) is 29.4 Å². The van der Waals surface area contributed by atoms with Crippen LogP contribution in [0.3, 0.4) is 0 Å². The summed E-state index contributed by atoms with van der Waals surface area (Å²) >= 11 is 0. The first-order chi connectivity index (χ1) is 10.1. The number of nitrogens with one attached hydrogen (secondary N) is 1. The van der Waals surface area contributed by atoms with Crippen LogP contribution in [0.2, 0.25) is 0 Å². The quantitative estimate of drug-likeness (QED) is 0.919. The van der Waals surface area contributed by atoms with Crippen LogP contribution >= 0.6 is 0 Å².